The highest BCUT2D eigenvalue weighted by atomic mass is 16.5. The molecule has 1 heterocycles. The average Bonchev–Trinajstić information content (AvgIpc) is 3.37. The molecule has 0 radical (unpaired) electrons. The van der Waals surface area contributed by atoms with Crippen molar-refractivity contribution < 1.29 is 4.52 Å². The molecule has 0 aliphatic heterocycles. The summed E-state index contributed by atoms with van der Waals surface area (Å²) in [5.41, 5.74) is 1.78. The van der Waals surface area contributed by atoms with Crippen LogP contribution in [0.4, 0.5) is 0 Å². The van der Waals surface area contributed by atoms with E-state index >= 15 is 0 Å². The molecule has 0 atom stereocenters. The molecule has 1 aliphatic carbocycles. The SMILES string of the molecule is CCCCCCCCCCCCc1cccc(-c2nc(C3(C#N)CC3)no2)c1. The predicted octanol–water partition coefficient (Wildman–Crippen LogP) is 6.76. The molecule has 4 nitrogen and oxygen atoms in total. The van der Waals surface area contributed by atoms with E-state index in [0.29, 0.717) is 11.7 Å². The minimum absolute atomic E-state index is 0.491. The molecular formula is C24H33N3O. The number of aromatic nitrogens is 2. The van der Waals surface area contributed by atoms with E-state index in [4.69, 9.17) is 4.52 Å². The molecule has 1 fully saturated rings. The summed E-state index contributed by atoms with van der Waals surface area (Å²) < 4.78 is 5.43. The van der Waals surface area contributed by atoms with E-state index in [1.807, 2.05) is 6.07 Å². The number of nitriles is 1. The summed E-state index contributed by atoms with van der Waals surface area (Å²) in [6.07, 6.45) is 16.3. The Morgan fingerprint density at radius 3 is 2.32 bits per heavy atom. The monoisotopic (exact) mass is 379 g/mol. The van der Waals surface area contributed by atoms with E-state index in [1.165, 1.54) is 69.8 Å². The van der Waals surface area contributed by atoms with Gasteiger partial charge < -0.3 is 4.52 Å². The third-order valence-corrected chi connectivity index (χ3v) is 5.81. The second-order valence-electron chi connectivity index (χ2n) is 8.25. The standard InChI is InChI=1S/C24H33N3O/c1-2-3-4-5-6-7-8-9-10-11-13-20-14-12-15-21(18-20)22-26-23(27-28-22)24(19-25)16-17-24/h12,14-15,18H,2-11,13,16-17H2,1H3. The zero-order valence-corrected chi connectivity index (χ0v) is 17.3. The molecule has 150 valence electrons. The fraction of sp³-hybridized carbons (Fsp3) is 0.625. The molecule has 4 heteroatoms. The molecule has 0 amide bonds. The van der Waals surface area contributed by atoms with Gasteiger partial charge in [0.15, 0.2) is 5.82 Å². The molecule has 0 bridgehead atoms. The van der Waals surface area contributed by atoms with E-state index in [0.717, 1.165) is 24.8 Å². The van der Waals surface area contributed by atoms with E-state index in [-0.39, 0.29) is 0 Å². The zero-order chi connectivity index (χ0) is 19.7. The van der Waals surface area contributed by atoms with Gasteiger partial charge in [-0.3, -0.25) is 0 Å². The van der Waals surface area contributed by atoms with Crippen LogP contribution < -0.4 is 0 Å². The summed E-state index contributed by atoms with van der Waals surface area (Å²) in [4.78, 5) is 4.48. The molecule has 0 unspecified atom stereocenters. The number of nitrogens with zero attached hydrogens (tertiary/aromatic N) is 3. The Morgan fingerprint density at radius 1 is 1.00 bits per heavy atom. The van der Waals surface area contributed by atoms with Crippen LogP contribution >= 0.6 is 0 Å². The van der Waals surface area contributed by atoms with Crippen molar-refractivity contribution in [2.24, 2.45) is 0 Å². The second-order valence-corrected chi connectivity index (χ2v) is 8.25. The van der Waals surface area contributed by atoms with Gasteiger partial charge in [0.2, 0.25) is 0 Å². The minimum Gasteiger partial charge on any atom is -0.334 e. The van der Waals surface area contributed by atoms with Gasteiger partial charge in [-0.2, -0.15) is 10.2 Å². The summed E-state index contributed by atoms with van der Waals surface area (Å²) in [6.45, 7) is 2.27. The second kappa shape index (κ2) is 10.4. The highest BCUT2D eigenvalue weighted by molar-refractivity contribution is 5.54. The first-order valence-corrected chi connectivity index (χ1v) is 11.1. The Balaban J connectivity index is 1.38. The van der Waals surface area contributed by atoms with Gasteiger partial charge in [0.05, 0.1) is 6.07 Å². The first kappa shape index (κ1) is 20.6. The Morgan fingerprint density at radius 2 is 1.68 bits per heavy atom. The van der Waals surface area contributed by atoms with Crippen molar-refractivity contribution >= 4 is 0 Å². The molecule has 0 spiro atoms. The lowest BCUT2D eigenvalue weighted by Crippen LogP contribution is -2.04. The van der Waals surface area contributed by atoms with E-state index < -0.39 is 5.41 Å². The van der Waals surface area contributed by atoms with Crippen LogP contribution in [0.15, 0.2) is 28.8 Å². The van der Waals surface area contributed by atoms with Crippen molar-refractivity contribution in [3.05, 3.63) is 35.7 Å². The Labute approximate surface area is 169 Å². The van der Waals surface area contributed by atoms with Crippen molar-refractivity contribution in [1.29, 1.82) is 5.26 Å². The lowest BCUT2D eigenvalue weighted by Gasteiger charge is -2.04. The Bertz CT molecular complexity index is 770. The number of unbranched alkanes of at least 4 members (excludes halogenated alkanes) is 9. The highest BCUT2D eigenvalue weighted by Crippen LogP contribution is 2.46. The van der Waals surface area contributed by atoms with E-state index in [9.17, 15) is 5.26 Å². The first-order chi connectivity index (χ1) is 13.8. The third-order valence-electron chi connectivity index (χ3n) is 5.81. The Kier molecular flexibility index (Phi) is 7.65. The fourth-order valence-electron chi connectivity index (χ4n) is 3.72. The third kappa shape index (κ3) is 5.67. The summed E-state index contributed by atoms with van der Waals surface area (Å²) in [5, 5.41) is 13.3. The summed E-state index contributed by atoms with van der Waals surface area (Å²) in [7, 11) is 0. The normalized spacial score (nSPS) is 14.7. The summed E-state index contributed by atoms with van der Waals surface area (Å²) in [5.74, 6) is 1.08. The van der Waals surface area contributed by atoms with Crippen molar-refractivity contribution in [2.75, 3.05) is 0 Å². The van der Waals surface area contributed by atoms with Gasteiger partial charge in [-0.05, 0) is 43.4 Å². The van der Waals surface area contributed by atoms with Crippen LogP contribution in [0.3, 0.4) is 0 Å². The lowest BCUT2D eigenvalue weighted by atomic mass is 10.0. The molecule has 0 N–H and O–H groups in total. The number of rotatable bonds is 13. The van der Waals surface area contributed by atoms with Crippen molar-refractivity contribution in [3.8, 4) is 17.5 Å². The van der Waals surface area contributed by atoms with Gasteiger partial charge in [-0.25, -0.2) is 0 Å². The minimum atomic E-state index is -0.491. The molecule has 1 aromatic carbocycles. The quantitative estimate of drug-likeness (QED) is 0.361. The molecule has 1 saturated carbocycles. The zero-order valence-electron chi connectivity index (χ0n) is 17.3. The van der Waals surface area contributed by atoms with Gasteiger partial charge in [0, 0.05) is 5.56 Å². The van der Waals surface area contributed by atoms with Crippen molar-refractivity contribution in [2.45, 2.75) is 95.8 Å². The summed E-state index contributed by atoms with van der Waals surface area (Å²) in [6, 6.07) is 10.7. The number of hydrogen-bond donors (Lipinski definition) is 0. The first-order valence-electron chi connectivity index (χ1n) is 11.1. The van der Waals surface area contributed by atoms with Gasteiger partial charge in [0.25, 0.3) is 5.89 Å². The van der Waals surface area contributed by atoms with Gasteiger partial charge >= 0.3 is 0 Å². The van der Waals surface area contributed by atoms with Gasteiger partial charge in [0.1, 0.15) is 5.41 Å². The highest BCUT2D eigenvalue weighted by Gasteiger charge is 2.49. The number of hydrogen-bond acceptors (Lipinski definition) is 4. The van der Waals surface area contributed by atoms with Crippen LogP contribution in [0.1, 0.15) is 95.4 Å². The molecule has 1 aliphatic rings. The van der Waals surface area contributed by atoms with Crippen LogP contribution in [0.2, 0.25) is 0 Å². The van der Waals surface area contributed by atoms with Crippen molar-refractivity contribution in [3.63, 3.8) is 0 Å². The topological polar surface area (TPSA) is 62.7 Å². The van der Waals surface area contributed by atoms with Crippen molar-refractivity contribution in [1.82, 2.24) is 10.1 Å². The van der Waals surface area contributed by atoms with Crippen LogP contribution in [-0.4, -0.2) is 10.1 Å². The average molecular weight is 380 g/mol. The van der Waals surface area contributed by atoms with Gasteiger partial charge in [-0.15, -0.1) is 0 Å². The smallest absolute Gasteiger partial charge is 0.257 e. The molecule has 2 aromatic rings. The van der Waals surface area contributed by atoms with Crippen LogP contribution in [0.5, 0.6) is 0 Å². The maximum atomic E-state index is 9.29. The molecule has 1 aromatic heterocycles. The predicted molar refractivity (Wildman–Crippen MR) is 112 cm³/mol. The Hall–Kier alpha value is -2.15. The lowest BCUT2D eigenvalue weighted by molar-refractivity contribution is 0.419. The van der Waals surface area contributed by atoms with Crippen LogP contribution in [0.25, 0.3) is 11.5 Å². The molecule has 28 heavy (non-hydrogen) atoms. The largest absolute Gasteiger partial charge is 0.334 e. The maximum absolute atomic E-state index is 9.29. The number of aryl methyl sites for hydroxylation is 1. The molecule has 3 rings (SSSR count). The van der Waals surface area contributed by atoms with E-state index in [2.05, 4.69) is 41.3 Å². The fourth-order valence-corrected chi connectivity index (χ4v) is 3.72. The van der Waals surface area contributed by atoms with E-state index in [1.54, 1.807) is 0 Å². The van der Waals surface area contributed by atoms with Gasteiger partial charge in [-0.1, -0.05) is 82.0 Å². The molecular weight excluding hydrogens is 346 g/mol. The molecule has 0 saturated heterocycles. The van der Waals surface area contributed by atoms with Crippen LogP contribution in [-0.2, 0) is 11.8 Å². The summed E-state index contributed by atoms with van der Waals surface area (Å²) >= 11 is 0. The van der Waals surface area contributed by atoms with Crippen LogP contribution in [0, 0.1) is 11.3 Å². The number of benzene rings is 1. The maximum Gasteiger partial charge on any atom is 0.257 e.